The van der Waals surface area contributed by atoms with Crippen molar-refractivity contribution in [3.05, 3.63) is 107 Å². The van der Waals surface area contributed by atoms with Crippen molar-refractivity contribution in [3.63, 3.8) is 0 Å². The summed E-state index contributed by atoms with van der Waals surface area (Å²) in [6.45, 7) is 6.61. The van der Waals surface area contributed by atoms with Gasteiger partial charge in [-0.3, -0.25) is 20.4 Å². The Kier molecular flexibility index (Phi) is 15.2. The summed E-state index contributed by atoms with van der Waals surface area (Å²) in [6.07, 6.45) is 4.78. The first kappa shape index (κ1) is 42.1. The van der Waals surface area contributed by atoms with Crippen molar-refractivity contribution in [1.29, 1.82) is 0 Å². The predicted molar refractivity (Wildman–Crippen MR) is 215 cm³/mol. The summed E-state index contributed by atoms with van der Waals surface area (Å²) >= 11 is 6.12. The van der Waals surface area contributed by atoms with Crippen molar-refractivity contribution in [2.45, 2.75) is 97.0 Å². The van der Waals surface area contributed by atoms with Gasteiger partial charge in [0.05, 0.1) is 0 Å². The van der Waals surface area contributed by atoms with Gasteiger partial charge in [0.2, 0.25) is 11.9 Å². The normalized spacial score (nSPS) is 16.1. The molecule has 13 heteroatoms. The molecule has 1 saturated carbocycles. The third-order valence-corrected chi connectivity index (χ3v) is 10.6. The van der Waals surface area contributed by atoms with Gasteiger partial charge >= 0.3 is 18.3 Å². The molecule has 12 nitrogen and oxygen atoms in total. The summed E-state index contributed by atoms with van der Waals surface area (Å²) in [7, 11) is 0. The molecule has 56 heavy (non-hydrogen) atoms. The number of rotatable bonds is 11. The molecular weight excluding hydrogens is 734 g/mol. The number of amides is 4. The molecule has 2 aliphatic rings. The Morgan fingerprint density at radius 1 is 0.768 bits per heavy atom. The second kappa shape index (κ2) is 20.2. The first-order valence-corrected chi connectivity index (χ1v) is 19.8. The number of carbonyl (C=O) groups excluding carboxylic acids is 4. The highest BCUT2D eigenvalue weighted by Crippen LogP contribution is 2.46. The third-order valence-electron chi connectivity index (χ3n) is 10.3. The van der Waals surface area contributed by atoms with E-state index in [0.717, 1.165) is 48.8 Å². The van der Waals surface area contributed by atoms with Crippen molar-refractivity contribution in [1.82, 2.24) is 20.9 Å². The number of halogens is 1. The minimum absolute atomic E-state index is 0.0378. The van der Waals surface area contributed by atoms with Crippen molar-refractivity contribution < 1.29 is 33.4 Å². The molecule has 0 radical (unpaired) electrons. The van der Waals surface area contributed by atoms with Crippen LogP contribution in [0, 0.1) is 11.3 Å². The molecule has 0 unspecified atom stereocenters. The summed E-state index contributed by atoms with van der Waals surface area (Å²) < 4.78 is 16.4. The van der Waals surface area contributed by atoms with E-state index >= 15 is 0 Å². The minimum Gasteiger partial charge on any atom is -0.444 e. The maximum absolute atomic E-state index is 14.2. The molecule has 0 spiro atoms. The molecule has 300 valence electrons. The molecule has 1 heterocycles. The largest absolute Gasteiger partial charge is 0.444 e. The first-order chi connectivity index (χ1) is 26.9. The smallest absolute Gasteiger partial charge is 0.414 e. The number of nitrogens with zero attached hydrogens (tertiary/aromatic N) is 2. The SMILES string of the molecule is CC(C)(C)OC(=O)N[C@H](Cc1ccc(Cl)cc1)C(=O)N1CCC(CN=C(NC(=O)OCc2ccccc2)NC(=O)OCc2ccccc2)(C2CCCCC2)CC1. The Hall–Kier alpha value is -5.10. The predicted octanol–water partition coefficient (Wildman–Crippen LogP) is 8.17. The van der Waals surface area contributed by atoms with Gasteiger partial charge < -0.3 is 24.4 Å². The van der Waals surface area contributed by atoms with E-state index in [1.165, 1.54) is 0 Å². The van der Waals surface area contributed by atoms with Crippen molar-refractivity contribution in [2.24, 2.45) is 16.3 Å². The van der Waals surface area contributed by atoms with Crippen LogP contribution in [-0.4, -0.2) is 66.3 Å². The van der Waals surface area contributed by atoms with Crippen molar-refractivity contribution in [3.8, 4) is 0 Å². The van der Waals surface area contributed by atoms with Crippen molar-refractivity contribution in [2.75, 3.05) is 19.6 Å². The van der Waals surface area contributed by atoms with Crippen LogP contribution < -0.4 is 16.0 Å². The molecule has 1 atom stereocenters. The van der Waals surface area contributed by atoms with E-state index < -0.39 is 29.9 Å². The Morgan fingerprint density at radius 2 is 1.30 bits per heavy atom. The molecule has 3 aromatic carbocycles. The molecule has 5 rings (SSSR count). The zero-order valence-corrected chi connectivity index (χ0v) is 33.3. The van der Waals surface area contributed by atoms with Crippen LogP contribution in [0.1, 0.15) is 82.4 Å². The maximum atomic E-state index is 14.2. The number of alkyl carbamates (subject to hydrolysis) is 3. The van der Waals surface area contributed by atoms with Crippen LogP contribution in [0.25, 0.3) is 0 Å². The van der Waals surface area contributed by atoms with Crippen LogP contribution in [-0.2, 0) is 38.6 Å². The zero-order valence-electron chi connectivity index (χ0n) is 32.6. The van der Waals surface area contributed by atoms with E-state index in [4.69, 9.17) is 30.8 Å². The quantitative estimate of drug-likeness (QED) is 0.101. The number of hydrogen-bond donors (Lipinski definition) is 3. The number of guanidine groups is 1. The molecule has 3 aromatic rings. The number of nitrogens with one attached hydrogen (secondary N) is 3. The fourth-order valence-electron chi connectivity index (χ4n) is 7.37. The number of carbonyl (C=O) groups is 4. The number of hydrogen-bond acceptors (Lipinski definition) is 8. The van der Waals surface area contributed by atoms with Crippen LogP contribution in [0.5, 0.6) is 0 Å². The number of piperidine rings is 1. The van der Waals surface area contributed by atoms with Gasteiger partial charge in [-0.15, -0.1) is 0 Å². The Balaban J connectivity index is 1.32. The monoisotopic (exact) mass is 787 g/mol. The van der Waals surface area contributed by atoms with Gasteiger partial charge in [-0.1, -0.05) is 104 Å². The van der Waals surface area contributed by atoms with E-state index in [1.54, 1.807) is 32.9 Å². The molecule has 1 saturated heterocycles. The molecule has 0 bridgehead atoms. The molecule has 4 amide bonds. The van der Waals surface area contributed by atoms with Crippen LogP contribution in [0.2, 0.25) is 5.02 Å². The van der Waals surface area contributed by atoms with Crippen LogP contribution in [0.4, 0.5) is 14.4 Å². The van der Waals surface area contributed by atoms with Gasteiger partial charge in [0.1, 0.15) is 24.9 Å². The molecule has 0 aromatic heterocycles. The fraction of sp³-hybridized carbons (Fsp3) is 0.465. The lowest BCUT2D eigenvalue weighted by molar-refractivity contribution is -0.136. The molecule has 3 N–H and O–H groups in total. The lowest BCUT2D eigenvalue weighted by Crippen LogP contribution is -2.55. The average Bonchev–Trinajstić information content (AvgIpc) is 3.19. The molecule has 1 aliphatic heterocycles. The minimum atomic E-state index is -0.852. The van der Waals surface area contributed by atoms with Gasteiger partial charge in [-0.2, -0.15) is 0 Å². The summed E-state index contributed by atoms with van der Waals surface area (Å²) in [4.78, 5) is 59.7. The van der Waals surface area contributed by atoms with Crippen LogP contribution in [0.15, 0.2) is 89.9 Å². The Bertz CT molecular complexity index is 1710. The number of likely N-dealkylation sites (tertiary alicyclic amines) is 1. The average molecular weight is 788 g/mol. The summed E-state index contributed by atoms with van der Waals surface area (Å²) in [6, 6.07) is 24.9. The van der Waals surface area contributed by atoms with Gasteiger partial charge in [0.15, 0.2) is 0 Å². The summed E-state index contributed by atoms with van der Waals surface area (Å²) in [5.74, 6) is 0.0654. The first-order valence-electron chi connectivity index (χ1n) is 19.4. The van der Waals surface area contributed by atoms with E-state index in [9.17, 15) is 19.2 Å². The number of aliphatic imine (C=N–C) groups is 1. The maximum Gasteiger partial charge on any atom is 0.414 e. The lowest BCUT2D eigenvalue weighted by Gasteiger charge is -2.47. The zero-order chi connectivity index (χ0) is 40.0. The lowest BCUT2D eigenvalue weighted by atomic mass is 9.63. The van der Waals surface area contributed by atoms with E-state index in [1.807, 2.05) is 77.7 Å². The highest BCUT2D eigenvalue weighted by molar-refractivity contribution is 6.30. The molecule has 1 aliphatic carbocycles. The van der Waals surface area contributed by atoms with E-state index in [0.29, 0.717) is 43.4 Å². The Morgan fingerprint density at radius 3 is 1.82 bits per heavy atom. The third kappa shape index (κ3) is 13.3. The molecule has 2 fully saturated rings. The standard InChI is InChI=1S/C43H54ClN5O7/c1-42(2,3)56-41(53)46-36(27-31-19-21-35(44)22-20-31)37(50)49-25-23-43(24-26-49,34-17-11-6-12-18-34)30-45-38(47-39(51)54-28-32-13-7-4-8-14-32)48-40(52)55-29-33-15-9-5-10-16-33/h4-5,7-10,13-16,19-22,34,36H,6,11-12,17-18,23-30H2,1-3H3,(H,46,53)(H2,45,47,48,51,52)/t36-/m1/s1. The fourth-order valence-corrected chi connectivity index (χ4v) is 7.49. The van der Waals surface area contributed by atoms with Gasteiger partial charge in [-0.05, 0) is 86.6 Å². The van der Waals surface area contributed by atoms with Crippen LogP contribution >= 0.6 is 11.6 Å². The second-order valence-electron chi connectivity index (χ2n) is 15.6. The Labute approximate surface area is 334 Å². The van der Waals surface area contributed by atoms with Gasteiger partial charge in [-0.25, -0.2) is 14.4 Å². The number of ether oxygens (including phenoxy) is 3. The number of benzene rings is 3. The summed E-state index contributed by atoms with van der Waals surface area (Å²) in [5.41, 5.74) is 1.43. The molecular formula is C43H54ClN5O7. The highest BCUT2D eigenvalue weighted by atomic mass is 35.5. The van der Waals surface area contributed by atoms with Crippen LogP contribution in [0.3, 0.4) is 0 Å². The van der Waals surface area contributed by atoms with E-state index in [-0.39, 0.29) is 36.9 Å². The van der Waals surface area contributed by atoms with Gasteiger partial charge in [0, 0.05) is 31.1 Å². The summed E-state index contributed by atoms with van der Waals surface area (Å²) in [5, 5.41) is 8.67. The van der Waals surface area contributed by atoms with Gasteiger partial charge in [0.25, 0.3) is 0 Å². The highest BCUT2D eigenvalue weighted by Gasteiger charge is 2.43. The van der Waals surface area contributed by atoms with Crippen molar-refractivity contribution >= 4 is 41.7 Å². The topological polar surface area (TPSA) is 148 Å². The van der Waals surface area contributed by atoms with E-state index in [2.05, 4.69) is 16.0 Å². The second-order valence-corrected chi connectivity index (χ2v) is 16.0.